The highest BCUT2D eigenvalue weighted by Crippen LogP contribution is 2.33. The molecule has 3 heterocycles. The Morgan fingerprint density at radius 2 is 2.04 bits per heavy atom. The van der Waals surface area contributed by atoms with Crippen molar-refractivity contribution in [3.8, 4) is 11.5 Å². The van der Waals surface area contributed by atoms with Crippen LogP contribution in [0.25, 0.3) is 0 Å². The number of rotatable bonds is 2. The van der Waals surface area contributed by atoms with Gasteiger partial charge in [-0.2, -0.15) is 0 Å². The van der Waals surface area contributed by atoms with Crippen LogP contribution in [0.3, 0.4) is 0 Å². The molecule has 2 atom stereocenters. The number of carbonyl (C=O) groups is 1. The number of hydrogen-bond donors (Lipinski definition) is 1. The largest absolute Gasteiger partial charge is 0.454 e. The number of carbonyl (C=O) groups excluding carboxylic acids is 1. The highest BCUT2D eigenvalue weighted by Gasteiger charge is 2.39. The highest BCUT2D eigenvalue weighted by atomic mass is 16.7. The van der Waals surface area contributed by atoms with Crippen molar-refractivity contribution in [1.29, 1.82) is 0 Å². The fraction of sp³-hybridized carbons (Fsp3) is 0.588. The van der Waals surface area contributed by atoms with Gasteiger partial charge in [-0.25, -0.2) is 0 Å². The minimum Gasteiger partial charge on any atom is -0.454 e. The molecule has 0 bridgehead atoms. The Kier molecular flexibility index (Phi) is 3.87. The Morgan fingerprint density at radius 3 is 2.91 bits per heavy atom. The van der Waals surface area contributed by atoms with Crippen molar-refractivity contribution in [3.05, 3.63) is 23.8 Å². The number of ether oxygens (including phenoxy) is 2. The van der Waals surface area contributed by atoms with Gasteiger partial charge in [0, 0.05) is 30.7 Å². The number of benzene rings is 1. The Hall–Kier alpha value is -1.79. The summed E-state index contributed by atoms with van der Waals surface area (Å²) in [5.41, 5.74) is 0.652. The van der Waals surface area contributed by atoms with Crippen LogP contribution in [0.5, 0.6) is 11.5 Å². The molecule has 6 nitrogen and oxygen atoms in total. The summed E-state index contributed by atoms with van der Waals surface area (Å²) in [5, 5.41) is 9.38. The lowest BCUT2D eigenvalue weighted by atomic mass is 9.91. The molecule has 6 heteroatoms. The first-order valence-corrected chi connectivity index (χ1v) is 8.32. The first kappa shape index (κ1) is 14.8. The van der Waals surface area contributed by atoms with Crippen LogP contribution >= 0.6 is 0 Å². The molecule has 1 aromatic rings. The van der Waals surface area contributed by atoms with E-state index in [1.165, 1.54) is 0 Å². The van der Waals surface area contributed by atoms with Crippen LogP contribution in [-0.2, 0) is 0 Å². The summed E-state index contributed by atoms with van der Waals surface area (Å²) >= 11 is 0. The topological polar surface area (TPSA) is 62.2 Å². The zero-order valence-electron chi connectivity index (χ0n) is 13.1. The van der Waals surface area contributed by atoms with Gasteiger partial charge in [0.1, 0.15) is 0 Å². The lowest BCUT2D eigenvalue weighted by Gasteiger charge is -2.50. The summed E-state index contributed by atoms with van der Waals surface area (Å²) in [7, 11) is 0. The number of fused-ring (bicyclic) bond motifs is 2. The highest BCUT2D eigenvalue weighted by molar-refractivity contribution is 5.95. The minimum atomic E-state index is 0.0533. The fourth-order valence-corrected chi connectivity index (χ4v) is 3.81. The Bertz CT molecular complexity index is 606. The first-order chi connectivity index (χ1) is 11.3. The van der Waals surface area contributed by atoms with Gasteiger partial charge in [0.05, 0.1) is 6.61 Å². The fourth-order valence-electron chi connectivity index (χ4n) is 3.81. The van der Waals surface area contributed by atoms with Crippen LogP contribution < -0.4 is 9.47 Å². The number of aliphatic hydroxyl groups excluding tert-OH is 1. The molecular formula is C17H22N2O4. The quantitative estimate of drug-likeness (QED) is 0.884. The van der Waals surface area contributed by atoms with Crippen LogP contribution in [0, 0.1) is 0 Å². The summed E-state index contributed by atoms with van der Waals surface area (Å²) in [5.74, 6) is 1.40. The second-order valence-electron chi connectivity index (χ2n) is 6.49. The van der Waals surface area contributed by atoms with Crippen molar-refractivity contribution >= 4 is 5.91 Å². The average Bonchev–Trinajstić information content (AvgIpc) is 3.01. The summed E-state index contributed by atoms with van der Waals surface area (Å²) < 4.78 is 10.7. The summed E-state index contributed by atoms with van der Waals surface area (Å²) in [6.45, 7) is 3.00. The smallest absolute Gasteiger partial charge is 0.254 e. The normalized spacial score (nSPS) is 26.9. The third kappa shape index (κ3) is 2.66. The number of nitrogens with zero attached hydrogens (tertiary/aromatic N) is 2. The molecule has 0 aromatic heterocycles. The summed E-state index contributed by atoms with van der Waals surface area (Å²) in [6.07, 6.45) is 3.04. The maximum absolute atomic E-state index is 12.9. The summed E-state index contributed by atoms with van der Waals surface area (Å²) in [6, 6.07) is 6.05. The molecule has 0 aliphatic carbocycles. The molecule has 1 aromatic carbocycles. The molecule has 0 saturated carbocycles. The second-order valence-corrected chi connectivity index (χ2v) is 6.49. The van der Waals surface area contributed by atoms with E-state index in [-0.39, 0.29) is 25.3 Å². The van der Waals surface area contributed by atoms with E-state index in [9.17, 15) is 9.90 Å². The van der Waals surface area contributed by atoms with Crippen molar-refractivity contribution in [2.24, 2.45) is 0 Å². The van der Waals surface area contributed by atoms with Gasteiger partial charge in [-0.15, -0.1) is 0 Å². The van der Waals surface area contributed by atoms with Gasteiger partial charge in [0.25, 0.3) is 5.91 Å². The molecule has 3 aliphatic rings. The molecule has 0 unspecified atom stereocenters. The van der Waals surface area contributed by atoms with Crippen LogP contribution in [0.2, 0.25) is 0 Å². The van der Waals surface area contributed by atoms with E-state index < -0.39 is 0 Å². The van der Waals surface area contributed by atoms with E-state index in [0.717, 1.165) is 38.9 Å². The van der Waals surface area contributed by atoms with Crippen LogP contribution in [0.4, 0.5) is 0 Å². The van der Waals surface area contributed by atoms with Crippen LogP contribution in [-0.4, -0.2) is 65.9 Å². The number of amides is 1. The number of aliphatic hydroxyl groups is 1. The van der Waals surface area contributed by atoms with Gasteiger partial charge in [0.15, 0.2) is 11.5 Å². The lowest BCUT2D eigenvalue weighted by Crippen LogP contribution is -2.62. The van der Waals surface area contributed by atoms with Crippen LogP contribution in [0.1, 0.15) is 29.6 Å². The van der Waals surface area contributed by atoms with Crippen molar-refractivity contribution < 1.29 is 19.4 Å². The van der Waals surface area contributed by atoms with Gasteiger partial charge in [-0.3, -0.25) is 9.69 Å². The van der Waals surface area contributed by atoms with Crippen molar-refractivity contribution in [3.63, 3.8) is 0 Å². The monoisotopic (exact) mass is 318 g/mol. The molecule has 3 aliphatic heterocycles. The van der Waals surface area contributed by atoms with E-state index in [1.54, 1.807) is 12.1 Å². The molecule has 124 valence electrons. The molecule has 2 fully saturated rings. The molecule has 1 amide bonds. The van der Waals surface area contributed by atoms with Crippen molar-refractivity contribution in [2.75, 3.05) is 33.0 Å². The van der Waals surface area contributed by atoms with Gasteiger partial charge < -0.3 is 19.5 Å². The molecule has 4 rings (SSSR count). The Labute approximate surface area is 135 Å². The van der Waals surface area contributed by atoms with Crippen molar-refractivity contribution in [1.82, 2.24) is 9.80 Å². The molecule has 0 radical (unpaired) electrons. The van der Waals surface area contributed by atoms with E-state index in [1.807, 2.05) is 11.0 Å². The Morgan fingerprint density at radius 1 is 1.22 bits per heavy atom. The minimum absolute atomic E-state index is 0.0533. The maximum Gasteiger partial charge on any atom is 0.254 e. The zero-order valence-corrected chi connectivity index (χ0v) is 13.1. The van der Waals surface area contributed by atoms with Gasteiger partial charge in [0.2, 0.25) is 6.79 Å². The predicted molar refractivity (Wildman–Crippen MR) is 83.7 cm³/mol. The predicted octanol–water partition coefficient (Wildman–Crippen LogP) is 1.09. The Balaban J connectivity index is 1.49. The van der Waals surface area contributed by atoms with Crippen LogP contribution in [0.15, 0.2) is 18.2 Å². The summed E-state index contributed by atoms with van der Waals surface area (Å²) in [4.78, 5) is 17.1. The second kappa shape index (κ2) is 6.02. The molecule has 23 heavy (non-hydrogen) atoms. The van der Waals surface area contributed by atoms with Gasteiger partial charge in [-0.05, 0) is 44.0 Å². The third-order valence-electron chi connectivity index (χ3n) is 5.13. The molecular weight excluding hydrogens is 296 g/mol. The maximum atomic E-state index is 12.9. The molecule has 0 spiro atoms. The molecule has 1 N–H and O–H groups in total. The lowest BCUT2D eigenvalue weighted by molar-refractivity contribution is -0.0373. The first-order valence-electron chi connectivity index (χ1n) is 8.32. The van der Waals surface area contributed by atoms with E-state index in [0.29, 0.717) is 23.1 Å². The van der Waals surface area contributed by atoms with E-state index >= 15 is 0 Å². The SMILES string of the molecule is O=C(c1ccc2c(c1)OCO2)N1CCCCN2[C@H](CO)C[C@@H]2C1. The van der Waals surface area contributed by atoms with Crippen molar-refractivity contribution in [2.45, 2.75) is 31.3 Å². The standard InChI is InChI=1S/C17H22N2O4/c20-10-14-8-13-9-18(5-1-2-6-19(13)14)17(21)12-3-4-15-16(7-12)23-11-22-15/h3-4,7,13-14,20H,1-2,5-6,8-11H2/t13-,14+/m1/s1. The zero-order chi connectivity index (χ0) is 15.8. The van der Waals surface area contributed by atoms with E-state index in [4.69, 9.17) is 9.47 Å². The van der Waals surface area contributed by atoms with Gasteiger partial charge in [-0.1, -0.05) is 0 Å². The molecule has 2 saturated heterocycles. The number of hydrogen-bond acceptors (Lipinski definition) is 5. The van der Waals surface area contributed by atoms with E-state index in [2.05, 4.69) is 4.90 Å². The average molecular weight is 318 g/mol. The third-order valence-corrected chi connectivity index (χ3v) is 5.13. The van der Waals surface area contributed by atoms with Gasteiger partial charge >= 0.3 is 0 Å².